The van der Waals surface area contributed by atoms with Crippen molar-refractivity contribution in [2.45, 2.75) is 13.0 Å². The van der Waals surface area contributed by atoms with Crippen LogP contribution in [0.1, 0.15) is 15.9 Å². The van der Waals surface area contributed by atoms with Crippen molar-refractivity contribution in [3.05, 3.63) is 77.9 Å². The highest BCUT2D eigenvalue weighted by Crippen LogP contribution is 2.27. The Balaban J connectivity index is 1.42. The molecule has 0 atom stereocenters. The second-order valence-corrected chi connectivity index (χ2v) is 7.66. The number of benzene rings is 3. The number of halogens is 3. The van der Waals surface area contributed by atoms with Crippen molar-refractivity contribution < 1.29 is 27.4 Å². The molecule has 0 radical (unpaired) electrons. The van der Waals surface area contributed by atoms with Crippen molar-refractivity contribution in [1.82, 2.24) is 10.2 Å². The van der Waals surface area contributed by atoms with Gasteiger partial charge < -0.3 is 19.7 Å². The molecule has 0 saturated heterocycles. The molecule has 176 valence electrons. The van der Waals surface area contributed by atoms with Crippen LogP contribution in [0.3, 0.4) is 0 Å². The number of rotatable bonds is 7. The molecule has 34 heavy (non-hydrogen) atoms. The molecule has 0 aliphatic heterocycles. The number of nitrogens with zero attached hydrogens (tertiary/aromatic N) is 2. The summed E-state index contributed by atoms with van der Waals surface area (Å²) in [5, 5.41) is 10.5. The number of hydrogen-bond acceptors (Lipinski definition) is 5. The second-order valence-electron chi connectivity index (χ2n) is 7.66. The molecular formula is C24H21F3N4O3. The van der Waals surface area contributed by atoms with Crippen molar-refractivity contribution >= 4 is 28.3 Å². The number of alkyl halides is 3. The quantitative estimate of drug-likeness (QED) is 0.380. The summed E-state index contributed by atoms with van der Waals surface area (Å²) in [6, 6.07) is 17.9. The van der Waals surface area contributed by atoms with Gasteiger partial charge >= 0.3 is 6.36 Å². The Morgan fingerprint density at radius 3 is 2.50 bits per heavy atom. The number of hydrogen-bond donors (Lipinski definition) is 2. The molecule has 2 N–H and O–H groups in total. The average molecular weight is 470 g/mol. The zero-order chi connectivity index (χ0) is 24.3. The zero-order valence-corrected chi connectivity index (χ0v) is 18.3. The van der Waals surface area contributed by atoms with Crippen molar-refractivity contribution in [2.24, 2.45) is 0 Å². The highest BCUT2D eigenvalue weighted by atomic mass is 19.4. The number of nitrogens with one attached hydrogen (secondary N) is 2. The molecule has 0 aliphatic rings. The Bertz CT molecular complexity index is 1300. The second kappa shape index (κ2) is 9.34. The molecule has 10 heteroatoms. The lowest BCUT2D eigenvalue weighted by atomic mass is 10.2. The van der Waals surface area contributed by atoms with Gasteiger partial charge in [-0.1, -0.05) is 12.1 Å². The van der Waals surface area contributed by atoms with Crippen LogP contribution in [-0.2, 0) is 6.61 Å². The molecule has 0 unspecified atom stereocenters. The summed E-state index contributed by atoms with van der Waals surface area (Å²) >= 11 is 0. The fourth-order valence-electron chi connectivity index (χ4n) is 3.27. The van der Waals surface area contributed by atoms with E-state index in [0.717, 1.165) is 5.69 Å². The smallest absolute Gasteiger partial charge is 0.489 e. The third kappa shape index (κ3) is 5.58. The van der Waals surface area contributed by atoms with Gasteiger partial charge in [0.2, 0.25) is 0 Å². The van der Waals surface area contributed by atoms with E-state index < -0.39 is 6.36 Å². The van der Waals surface area contributed by atoms with Gasteiger partial charge in [-0.2, -0.15) is 5.10 Å². The van der Waals surface area contributed by atoms with Gasteiger partial charge in [-0.15, -0.1) is 13.2 Å². The highest BCUT2D eigenvalue weighted by Gasteiger charge is 2.31. The summed E-state index contributed by atoms with van der Waals surface area (Å²) in [5.41, 5.74) is 2.62. The minimum Gasteiger partial charge on any atom is -0.489 e. The molecule has 3 aromatic carbocycles. The lowest BCUT2D eigenvalue weighted by Crippen LogP contribution is -2.17. The molecule has 0 fully saturated rings. The molecule has 0 saturated carbocycles. The Morgan fingerprint density at radius 1 is 1.03 bits per heavy atom. The van der Waals surface area contributed by atoms with E-state index in [1.807, 2.05) is 31.1 Å². The molecule has 1 heterocycles. The van der Waals surface area contributed by atoms with Gasteiger partial charge in [0.1, 0.15) is 18.1 Å². The molecular weight excluding hydrogens is 449 g/mol. The molecule has 7 nitrogen and oxygen atoms in total. The fraction of sp³-hybridized carbons (Fsp3) is 0.167. The predicted molar refractivity (Wildman–Crippen MR) is 122 cm³/mol. The van der Waals surface area contributed by atoms with Crippen LogP contribution in [0.2, 0.25) is 0 Å². The van der Waals surface area contributed by atoms with Crippen molar-refractivity contribution in [3.63, 3.8) is 0 Å². The fourth-order valence-corrected chi connectivity index (χ4v) is 3.27. The molecule has 0 aliphatic carbocycles. The normalized spacial score (nSPS) is 11.3. The van der Waals surface area contributed by atoms with Gasteiger partial charge in [0, 0.05) is 36.8 Å². The van der Waals surface area contributed by atoms with Gasteiger partial charge in [-0.05, 0) is 54.1 Å². The summed E-state index contributed by atoms with van der Waals surface area (Å²) in [6.45, 7) is 0.0429. The Morgan fingerprint density at radius 2 is 1.79 bits per heavy atom. The summed E-state index contributed by atoms with van der Waals surface area (Å²) in [4.78, 5) is 14.5. The molecule has 0 bridgehead atoms. The standard InChI is InChI=1S/C24H21F3N4O3/c1-31(2)17-8-6-16(7-9-17)23(32)28-22-20-11-10-18(13-21(20)29-30-22)33-14-15-4-3-5-19(12-15)34-24(25,26)27/h3-13H,14H2,1-2H3,(H2,28,29,30,32). The van der Waals surface area contributed by atoms with E-state index in [4.69, 9.17) is 4.74 Å². The zero-order valence-electron chi connectivity index (χ0n) is 18.3. The largest absolute Gasteiger partial charge is 0.573 e. The minimum atomic E-state index is -4.76. The number of carbonyl (C=O) groups is 1. The SMILES string of the molecule is CN(C)c1ccc(C(=O)Nc2n[nH]c3cc(OCc4cccc(OC(F)(F)F)c4)ccc23)cc1. The Hall–Kier alpha value is -4.21. The van der Waals surface area contributed by atoms with E-state index >= 15 is 0 Å². The van der Waals surface area contributed by atoms with Crippen LogP contribution >= 0.6 is 0 Å². The molecule has 4 aromatic rings. The Kier molecular flexibility index (Phi) is 6.31. The van der Waals surface area contributed by atoms with Crippen molar-refractivity contribution in [3.8, 4) is 11.5 Å². The molecule has 1 amide bonds. The van der Waals surface area contributed by atoms with Crippen LogP contribution in [0.5, 0.6) is 11.5 Å². The number of carbonyl (C=O) groups excluding carboxylic acids is 1. The molecule has 4 rings (SSSR count). The van der Waals surface area contributed by atoms with E-state index in [9.17, 15) is 18.0 Å². The first kappa shape index (κ1) is 23.0. The van der Waals surface area contributed by atoms with Gasteiger partial charge in [0.25, 0.3) is 5.91 Å². The van der Waals surface area contributed by atoms with Crippen LogP contribution < -0.4 is 19.7 Å². The topological polar surface area (TPSA) is 79.5 Å². The summed E-state index contributed by atoms with van der Waals surface area (Å²) in [5.74, 6) is 0.255. The minimum absolute atomic E-state index is 0.0429. The van der Waals surface area contributed by atoms with Crippen LogP contribution in [0, 0.1) is 0 Å². The summed E-state index contributed by atoms with van der Waals surface area (Å²) in [6.07, 6.45) is -4.76. The van der Waals surface area contributed by atoms with E-state index in [1.165, 1.54) is 18.2 Å². The first-order chi connectivity index (χ1) is 16.2. The van der Waals surface area contributed by atoms with Crippen LogP contribution in [0.25, 0.3) is 10.9 Å². The Labute approximate surface area is 193 Å². The van der Waals surface area contributed by atoms with Gasteiger partial charge in [0.15, 0.2) is 5.82 Å². The van der Waals surface area contributed by atoms with E-state index in [2.05, 4.69) is 20.3 Å². The molecule has 0 spiro atoms. The molecule has 1 aromatic heterocycles. The maximum Gasteiger partial charge on any atom is 0.573 e. The van der Waals surface area contributed by atoms with Gasteiger partial charge in [-0.25, -0.2) is 0 Å². The highest BCUT2D eigenvalue weighted by molar-refractivity contribution is 6.08. The number of ether oxygens (including phenoxy) is 2. The first-order valence-corrected chi connectivity index (χ1v) is 10.2. The average Bonchev–Trinajstić information content (AvgIpc) is 3.18. The monoisotopic (exact) mass is 470 g/mol. The maximum atomic E-state index is 12.6. The van der Waals surface area contributed by atoms with Crippen LogP contribution in [0.4, 0.5) is 24.7 Å². The van der Waals surface area contributed by atoms with E-state index in [0.29, 0.717) is 33.6 Å². The van der Waals surface area contributed by atoms with Crippen molar-refractivity contribution in [1.29, 1.82) is 0 Å². The van der Waals surface area contributed by atoms with Crippen LogP contribution in [-0.4, -0.2) is 36.6 Å². The van der Waals surface area contributed by atoms with Gasteiger partial charge in [-0.3, -0.25) is 9.89 Å². The maximum absolute atomic E-state index is 12.6. The lowest BCUT2D eigenvalue weighted by Gasteiger charge is -2.12. The third-order valence-electron chi connectivity index (χ3n) is 4.95. The summed E-state index contributed by atoms with van der Waals surface area (Å²) in [7, 11) is 3.84. The number of aromatic nitrogens is 2. The predicted octanol–water partition coefficient (Wildman–Crippen LogP) is 5.36. The number of aromatic amines is 1. The van der Waals surface area contributed by atoms with Gasteiger partial charge in [0.05, 0.1) is 5.52 Å². The first-order valence-electron chi connectivity index (χ1n) is 10.2. The van der Waals surface area contributed by atoms with E-state index in [-0.39, 0.29) is 18.3 Å². The summed E-state index contributed by atoms with van der Waals surface area (Å²) < 4.78 is 46.8. The number of fused-ring (bicyclic) bond motifs is 1. The number of anilines is 2. The van der Waals surface area contributed by atoms with Crippen LogP contribution in [0.15, 0.2) is 66.7 Å². The van der Waals surface area contributed by atoms with E-state index in [1.54, 1.807) is 36.4 Å². The number of amides is 1. The lowest BCUT2D eigenvalue weighted by molar-refractivity contribution is -0.274. The van der Waals surface area contributed by atoms with Crippen molar-refractivity contribution in [2.75, 3.05) is 24.3 Å². The number of H-pyrrole nitrogens is 1. The third-order valence-corrected chi connectivity index (χ3v) is 4.95.